The molecule has 1 aromatic rings. The number of aromatic nitrogens is 1. The van der Waals surface area contributed by atoms with E-state index >= 15 is 0 Å². The van der Waals surface area contributed by atoms with Gasteiger partial charge in [0.2, 0.25) is 0 Å². The van der Waals surface area contributed by atoms with Crippen LogP contribution in [0.2, 0.25) is 0 Å². The van der Waals surface area contributed by atoms with Gasteiger partial charge in [0.05, 0.1) is 5.38 Å². The smallest absolute Gasteiger partial charge is 0.262 e. The number of nitrogens with one attached hydrogen (secondary N) is 1. The number of alkyl halides is 1. The average Bonchev–Trinajstić information content (AvgIpc) is 3.06. The molecule has 1 atom stereocenters. The van der Waals surface area contributed by atoms with Crippen molar-refractivity contribution >= 4 is 35.0 Å². The molecule has 2 aliphatic rings. The number of hydrogen-bond donors (Lipinski definition) is 2. The van der Waals surface area contributed by atoms with E-state index in [9.17, 15) is 4.79 Å². The third-order valence-corrected chi connectivity index (χ3v) is 5.78. The van der Waals surface area contributed by atoms with Crippen LogP contribution in [0.5, 0.6) is 0 Å². The maximum absolute atomic E-state index is 12.5. The van der Waals surface area contributed by atoms with Crippen LogP contribution in [0.1, 0.15) is 19.3 Å². The minimum Gasteiger partial charge on any atom is -0.484 e. The quantitative estimate of drug-likeness (QED) is 0.493. The summed E-state index contributed by atoms with van der Waals surface area (Å²) in [4.78, 5) is 17.5. The number of carbonyl (C=O) groups excluding carboxylic acids is 1. The molecule has 0 bridgehead atoms. The maximum atomic E-state index is 12.5. The standard InChI is InChI=1S/C22H24ClN3O2S/c23-17-7-4-5-8-18(12-17)28-14-22(27)26-20-9-3-1-2-6-16(20)15-29-21-13-25-11-10-19(21)24/h1,3,5-6,8-13,17H,2,4,7,14-15H2,(H2,24,25)(H,26,27). The van der Waals surface area contributed by atoms with E-state index in [1.54, 1.807) is 30.2 Å². The Labute approximate surface area is 180 Å². The molecule has 1 unspecified atom stereocenters. The topological polar surface area (TPSA) is 77.2 Å². The molecule has 152 valence electrons. The number of ether oxygens (including phenoxy) is 1. The summed E-state index contributed by atoms with van der Waals surface area (Å²) in [6.07, 6.45) is 19.7. The lowest BCUT2D eigenvalue weighted by atomic mass is 10.2. The first-order chi connectivity index (χ1) is 14.1. The number of thioether (sulfide) groups is 1. The third kappa shape index (κ3) is 6.84. The molecule has 1 aromatic heterocycles. The number of hydrogen-bond acceptors (Lipinski definition) is 5. The second-order valence-electron chi connectivity index (χ2n) is 6.58. The van der Waals surface area contributed by atoms with Crippen LogP contribution in [0, 0.1) is 0 Å². The second-order valence-corrected chi connectivity index (χ2v) is 8.16. The number of rotatable bonds is 7. The summed E-state index contributed by atoms with van der Waals surface area (Å²) in [7, 11) is 0. The van der Waals surface area contributed by atoms with E-state index in [0.717, 1.165) is 35.4 Å². The Balaban J connectivity index is 1.58. The first kappa shape index (κ1) is 21.3. The number of pyridine rings is 1. The zero-order valence-corrected chi connectivity index (χ0v) is 17.6. The fourth-order valence-corrected chi connectivity index (χ4v) is 4.00. The number of carbonyl (C=O) groups is 1. The van der Waals surface area contributed by atoms with Gasteiger partial charge < -0.3 is 15.8 Å². The first-order valence-electron chi connectivity index (χ1n) is 9.45. The van der Waals surface area contributed by atoms with Gasteiger partial charge in [-0.25, -0.2) is 0 Å². The molecule has 0 saturated carbocycles. The van der Waals surface area contributed by atoms with Gasteiger partial charge in [-0.05, 0) is 49.1 Å². The summed E-state index contributed by atoms with van der Waals surface area (Å²) in [6.45, 7) is -0.0726. The normalized spacial score (nSPS) is 18.8. The van der Waals surface area contributed by atoms with Crippen LogP contribution >= 0.6 is 23.4 Å². The number of nitrogens with zero attached hydrogens (tertiary/aromatic N) is 1. The number of amides is 1. The molecule has 0 aromatic carbocycles. The van der Waals surface area contributed by atoms with E-state index in [4.69, 9.17) is 22.1 Å². The van der Waals surface area contributed by atoms with Crippen molar-refractivity contribution in [1.29, 1.82) is 0 Å². The Morgan fingerprint density at radius 2 is 2.31 bits per heavy atom. The number of halogens is 1. The molecule has 7 heteroatoms. The minimum atomic E-state index is -0.215. The molecule has 0 radical (unpaired) electrons. The summed E-state index contributed by atoms with van der Waals surface area (Å²) in [6, 6.07) is 1.78. The van der Waals surface area contributed by atoms with Crippen LogP contribution < -0.4 is 11.1 Å². The molecule has 29 heavy (non-hydrogen) atoms. The molecule has 5 nitrogen and oxygen atoms in total. The highest BCUT2D eigenvalue weighted by atomic mass is 35.5. The summed E-state index contributed by atoms with van der Waals surface area (Å²) in [5.41, 5.74) is 8.50. The Morgan fingerprint density at radius 1 is 1.41 bits per heavy atom. The molecule has 1 heterocycles. The molecule has 1 amide bonds. The molecule has 3 N–H and O–H groups in total. The lowest BCUT2D eigenvalue weighted by Gasteiger charge is -2.14. The van der Waals surface area contributed by atoms with E-state index in [1.165, 1.54) is 0 Å². The van der Waals surface area contributed by atoms with Crippen molar-refractivity contribution in [2.75, 3.05) is 18.1 Å². The van der Waals surface area contributed by atoms with Crippen molar-refractivity contribution in [3.8, 4) is 0 Å². The van der Waals surface area contributed by atoms with Crippen LogP contribution in [0.25, 0.3) is 0 Å². The predicted molar refractivity (Wildman–Crippen MR) is 119 cm³/mol. The van der Waals surface area contributed by atoms with Crippen LogP contribution in [0.15, 0.2) is 82.9 Å². The van der Waals surface area contributed by atoms with Crippen molar-refractivity contribution in [2.45, 2.75) is 29.5 Å². The molecule has 0 spiro atoms. The van der Waals surface area contributed by atoms with Gasteiger partial charge in [0.1, 0.15) is 5.76 Å². The van der Waals surface area contributed by atoms with Crippen molar-refractivity contribution in [2.24, 2.45) is 0 Å². The van der Waals surface area contributed by atoms with Crippen molar-refractivity contribution in [1.82, 2.24) is 10.3 Å². The molecular weight excluding hydrogens is 406 g/mol. The summed E-state index contributed by atoms with van der Waals surface area (Å²) >= 11 is 7.78. The van der Waals surface area contributed by atoms with Gasteiger partial charge in [-0.1, -0.05) is 24.3 Å². The fourth-order valence-electron chi connectivity index (χ4n) is 2.80. The fraction of sp³-hybridized carbons (Fsp3) is 0.273. The average molecular weight is 430 g/mol. The van der Waals surface area contributed by atoms with Gasteiger partial charge in [-0.2, -0.15) is 0 Å². The third-order valence-electron chi connectivity index (χ3n) is 4.33. The largest absolute Gasteiger partial charge is 0.484 e. The zero-order valence-electron chi connectivity index (χ0n) is 16.0. The Morgan fingerprint density at radius 3 is 3.17 bits per heavy atom. The van der Waals surface area contributed by atoms with E-state index in [-0.39, 0.29) is 17.9 Å². The second kappa shape index (κ2) is 10.9. The molecule has 0 fully saturated rings. The summed E-state index contributed by atoms with van der Waals surface area (Å²) in [5.74, 6) is 1.09. The van der Waals surface area contributed by atoms with Crippen molar-refractivity contribution < 1.29 is 9.53 Å². The van der Waals surface area contributed by atoms with Gasteiger partial charge in [0.25, 0.3) is 5.91 Å². The van der Waals surface area contributed by atoms with E-state index < -0.39 is 0 Å². The van der Waals surface area contributed by atoms with Gasteiger partial charge in [0, 0.05) is 34.4 Å². The van der Waals surface area contributed by atoms with Gasteiger partial charge in [-0.15, -0.1) is 23.4 Å². The SMILES string of the molecule is Nc1ccncc1SCC1=CCC=CC=C1NC(=O)COC1=CC(Cl)CCC=C1. The maximum Gasteiger partial charge on any atom is 0.262 e. The predicted octanol–water partition coefficient (Wildman–Crippen LogP) is 4.50. The van der Waals surface area contributed by atoms with Crippen molar-refractivity contribution in [3.05, 3.63) is 78.0 Å². The van der Waals surface area contributed by atoms with E-state index in [1.807, 2.05) is 36.5 Å². The molecular formula is C22H24ClN3O2S. The zero-order chi connectivity index (χ0) is 20.5. The van der Waals surface area contributed by atoms with Crippen molar-refractivity contribution in [3.63, 3.8) is 0 Å². The minimum absolute atomic E-state index is 0.0726. The highest BCUT2D eigenvalue weighted by Gasteiger charge is 2.13. The molecule has 3 rings (SSSR count). The lowest BCUT2D eigenvalue weighted by Crippen LogP contribution is -2.28. The van der Waals surface area contributed by atoms with Crippen LogP contribution in [0.4, 0.5) is 5.69 Å². The summed E-state index contributed by atoms with van der Waals surface area (Å²) in [5, 5.41) is 2.88. The van der Waals surface area contributed by atoms with Crippen LogP contribution in [0.3, 0.4) is 0 Å². The molecule has 0 saturated heterocycles. The highest BCUT2D eigenvalue weighted by molar-refractivity contribution is 7.99. The molecule has 2 aliphatic carbocycles. The first-order valence-corrected chi connectivity index (χ1v) is 10.9. The number of anilines is 1. The molecule has 0 aliphatic heterocycles. The van der Waals surface area contributed by atoms with Gasteiger partial charge >= 0.3 is 0 Å². The summed E-state index contributed by atoms with van der Waals surface area (Å²) < 4.78 is 5.63. The Hall–Kier alpha value is -2.44. The van der Waals surface area contributed by atoms with Gasteiger partial charge in [0.15, 0.2) is 6.61 Å². The lowest BCUT2D eigenvalue weighted by molar-refractivity contribution is -0.123. The van der Waals surface area contributed by atoms with Crippen LogP contribution in [-0.2, 0) is 9.53 Å². The monoisotopic (exact) mass is 429 g/mol. The van der Waals surface area contributed by atoms with Gasteiger partial charge in [-0.3, -0.25) is 9.78 Å². The van der Waals surface area contributed by atoms with E-state index in [0.29, 0.717) is 17.2 Å². The number of nitrogen functional groups attached to an aromatic ring is 1. The van der Waals surface area contributed by atoms with E-state index in [2.05, 4.69) is 16.4 Å². The number of nitrogens with two attached hydrogens (primary N) is 1. The Bertz CT molecular complexity index is 890. The van der Waals surface area contributed by atoms with Crippen LogP contribution in [-0.4, -0.2) is 28.6 Å². The number of allylic oxidation sites excluding steroid dienone is 8. The highest BCUT2D eigenvalue weighted by Crippen LogP contribution is 2.28. The Kier molecular flexibility index (Phi) is 8.02.